The van der Waals surface area contributed by atoms with Gasteiger partial charge in [-0.15, -0.1) is 0 Å². The summed E-state index contributed by atoms with van der Waals surface area (Å²) in [6.45, 7) is 9.55. The second kappa shape index (κ2) is 21.7. The van der Waals surface area contributed by atoms with Crippen LogP contribution < -0.4 is 15.5 Å². The smallest absolute Gasteiger partial charge is 0.238 e. The third-order valence-electron chi connectivity index (χ3n) is 20.0. The number of aromatic nitrogens is 3. The first-order valence-electron chi connectivity index (χ1n) is 30.2. The van der Waals surface area contributed by atoms with Gasteiger partial charge in [0.25, 0.3) is 0 Å². The molecular formula is C64H75FN10O6. The molecule has 424 valence electrons. The van der Waals surface area contributed by atoms with E-state index in [0.29, 0.717) is 127 Å². The van der Waals surface area contributed by atoms with Gasteiger partial charge in [0.1, 0.15) is 11.3 Å². The summed E-state index contributed by atoms with van der Waals surface area (Å²) in [7, 11) is 0. The zero-order valence-electron chi connectivity index (χ0n) is 46.8. The predicted molar refractivity (Wildman–Crippen MR) is 306 cm³/mol. The van der Waals surface area contributed by atoms with Crippen LogP contribution in [-0.4, -0.2) is 127 Å². The van der Waals surface area contributed by atoms with Crippen molar-refractivity contribution in [2.24, 2.45) is 17.8 Å². The number of benzene rings is 3. The average Bonchev–Trinajstić information content (AvgIpc) is 3.40. The molecule has 81 heavy (non-hydrogen) atoms. The number of rotatable bonds is 10. The molecule has 0 unspecified atom stereocenters. The maximum atomic E-state index is 15.3. The lowest BCUT2D eigenvalue weighted by molar-refractivity contribution is -0.145. The van der Waals surface area contributed by atoms with Crippen LogP contribution in [0.1, 0.15) is 144 Å². The van der Waals surface area contributed by atoms with Gasteiger partial charge in [-0.2, -0.15) is 0 Å². The van der Waals surface area contributed by atoms with Crippen LogP contribution in [-0.2, 0) is 47.1 Å². The number of hydrogen-bond acceptors (Lipinski definition) is 10. The van der Waals surface area contributed by atoms with Crippen molar-refractivity contribution < 1.29 is 33.2 Å². The van der Waals surface area contributed by atoms with Gasteiger partial charge in [0.2, 0.25) is 35.4 Å². The number of imide groups is 1. The normalized spacial score (nSPS) is 25.2. The van der Waals surface area contributed by atoms with Crippen LogP contribution in [0.25, 0.3) is 22.3 Å². The third kappa shape index (κ3) is 9.88. The number of piperidine rings is 4. The van der Waals surface area contributed by atoms with Crippen molar-refractivity contribution in [2.75, 3.05) is 56.0 Å². The van der Waals surface area contributed by atoms with E-state index in [4.69, 9.17) is 9.97 Å². The lowest BCUT2D eigenvalue weighted by atomic mass is 9.73. The zero-order valence-corrected chi connectivity index (χ0v) is 46.8. The molecule has 6 fully saturated rings. The van der Waals surface area contributed by atoms with Crippen LogP contribution >= 0.6 is 0 Å². The van der Waals surface area contributed by atoms with E-state index in [-0.39, 0.29) is 77.0 Å². The Morgan fingerprint density at radius 2 is 1.40 bits per heavy atom. The number of carbonyl (C=O) groups excluding carboxylic acids is 6. The first-order chi connectivity index (χ1) is 39.3. The highest BCUT2D eigenvalue weighted by molar-refractivity contribution is 6.10. The Morgan fingerprint density at radius 3 is 2.10 bits per heavy atom. The average molecular weight is 1100 g/mol. The van der Waals surface area contributed by atoms with E-state index < -0.39 is 5.41 Å². The Kier molecular flexibility index (Phi) is 14.3. The Bertz CT molecular complexity index is 3300. The first-order valence-corrected chi connectivity index (χ1v) is 30.2. The molecule has 2 saturated carbocycles. The lowest BCUT2D eigenvalue weighted by Crippen LogP contribution is -2.58. The molecule has 16 nitrogen and oxygen atoms in total. The van der Waals surface area contributed by atoms with Crippen LogP contribution in [0, 0.1) is 23.6 Å². The van der Waals surface area contributed by atoms with E-state index >= 15 is 9.18 Å². The van der Waals surface area contributed by atoms with Crippen LogP contribution in [0.3, 0.4) is 0 Å². The zero-order chi connectivity index (χ0) is 55.7. The van der Waals surface area contributed by atoms with Crippen molar-refractivity contribution in [3.05, 3.63) is 101 Å². The van der Waals surface area contributed by atoms with Crippen LogP contribution in [0.4, 0.5) is 21.6 Å². The molecule has 3 aromatic carbocycles. The van der Waals surface area contributed by atoms with Gasteiger partial charge in [-0.3, -0.25) is 34.1 Å². The van der Waals surface area contributed by atoms with Gasteiger partial charge in [0.15, 0.2) is 5.82 Å². The van der Waals surface area contributed by atoms with Gasteiger partial charge in [-0.1, -0.05) is 48.9 Å². The molecule has 17 heteroatoms. The minimum atomic E-state index is -0.756. The topological polar surface area (TPSA) is 173 Å². The molecule has 6 amide bonds. The minimum absolute atomic E-state index is 0.0713. The Balaban J connectivity index is 0.650. The van der Waals surface area contributed by atoms with E-state index in [0.717, 1.165) is 71.3 Å². The fourth-order valence-corrected chi connectivity index (χ4v) is 15.1. The summed E-state index contributed by atoms with van der Waals surface area (Å²) in [6, 6.07) is 21.6. The number of anilines is 3. The quantitative estimate of drug-likeness (QED) is 0.129. The number of para-hydroxylation sites is 1. The van der Waals surface area contributed by atoms with Gasteiger partial charge in [-0.25, -0.2) is 14.4 Å². The summed E-state index contributed by atoms with van der Waals surface area (Å²) in [5.74, 6) is -0.669. The molecule has 2 aliphatic carbocycles. The van der Waals surface area contributed by atoms with Crippen molar-refractivity contribution in [1.29, 1.82) is 0 Å². The maximum absolute atomic E-state index is 15.3. The van der Waals surface area contributed by atoms with E-state index in [1.54, 1.807) is 24.5 Å². The van der Waals surface area contributed by atoms with E-state index in [1.807, 2.05) is 37.5 Å². The monoisotopic (exact) mass is 1100 g/mol. The molecule has 0 radical (unpaired) electrons. The summed E-state index contributed by atoms with van der Waals surface area (Å²) in [5, 5.41) is 5.75. The molecule has 0 bridgehead atoms. The number of hydrogen-bond donors (Lipinski definition) is 2. The second-order valence-electron chi connectivity index (χ2n) is 25.0. The van der Waals surface area contributed by atoms with Gasteiger partial charge < -0.3 is 34.4 Å². The highest BCUT2D eigenvalue weighted by Crippen LogP contribution is 2.53. The van der Waals surface area contributed by atoms with Crippen molar-refractivity contribution in [3.63, 3.8) is 0 Å². The fraction of sp³-hybridized carbons (Fsp3) is 0.531. The third-order valence-corrected chi connectivity index (χ3v) is 20.0. The number of likely N-dealkylation sites (tertiary alicyclic amines) is 3. The largest absolute Gasteiger partial charge is 0.342 e. The van der Waals surface area contributed by atoms with Crippen LogP contribution in [0.15, 0.2) is 73.1 Å². The first kappa shape index (κ1) is 53.3. The number of carbonyl (C=O) groups is 6. The van der Waals surface area contributed by atoms with Crippen molar-refractivity contribution in [3.8, 4) is 11.3 Å². The number of fused-ring (bicyclic) bond motifs is 4. The summed E-state index contributed by atoms with van der Waals surface area (Å²) in [4.78, 5) is 103. The van der Waals surface area contributed by atoms with E-state index in [9.17, 15) is 24.0 Å². The van der Waals surface area contributed by atoms with Crippen molar-refractivity contribution in [1.82, 2.24) is 39.5 Å². The molecule has 2 aromatic heterocycles. The number of nitrogens with zero attached hydrogens (tertiary/aromatic N) is 8. The molecular weight excluding hydrogens is 1020 g/mol. The van der Waals surface area contributed by atoms with Crippen LogP contribution in [0.2, 0.25) is 0 Å². The van der Waals surface area contributed by atoms with E-state index in [1.165, 1.54) is 30.9 Å². The number of pyridine rings is 1. The van der Waals surface area contributed by atoms with Gasteiger partial charge in [0, 0.05) is 92.8 Å². The Hall–Kier alpha value is -7.01. The molecule has 4 saturated heterocycles. The Labute approximate surface area is 473 Å². The molecule has 8 heterocycles. The molecule has 5 aromatic rings. The van der Waals surface area contributed by atoms with Crippen LogP contribution in [0.5, 0.6) is 0 Å². The Morgan fingerprint density at radius 1 is 0.704 bits per heavy atom. The summed E-state index contributed by atoms with van der Waals surface area (Å²) in [6.07, 6.45) is 13.9. The second-order valence-corrected chi connectivity index (χ2v) is 25.0. The number of imidazole rings is 1. The molecule has 2 N–H and O–H groups in total. The SMILES string of the molecule is CC(C)n1cnc2cc(-c3ccc4c(c3)N(C3CC(N5CCCCC5)C3)C(=O)C43CCN(C(=O)C4CCN(C(=O)C5CCC(C(=O)N6CCc7ccc([C@H]8CCC(=O)NC8=O)cc7C6)CC5)CC4)CC3)nc(Nc3ccccc3F)c21. The highest BCUT2D eigenvalue weighted by Gasteiger charge is 2.56. The standard InChI is InChI=1S/C64H75FN10O6/c1-39(2)74-38-66-54-36-53(68-58(57(54)74)67-52-9-5-4-8-51(52)65)45-16-18-50-55(33-45)75(48-34-47(35-48)70-25-6-3-7-26-70)63(81)64(50)23-30-72(31-24-64)61(79)43-21-27-71(28-22-43)60(78)41-11-13-42(14-12-41)62(80)73-29-20-40-10-15-44(32-46(40)37-73)49-17-19-56(76)69-59(49)77/h4-5,8-10,15-16,18,32-33,36,38-39,41-43,47-49H,3,6-7,11-14,17,19-31,34-35,37H2,1-2H3,(H,67,68)(H,69,76,77)/t41?,42?,47?,48?,49-/m1/s1. The number of amides is 6. The van der Waals surface area contributed by atoms with E-state index in [2.05, 4.69) is 58.5 Å². The maximum Gasteiger partial charge on any atom is 0.238 e. The van der Waals surface area contributed by atoms with Gasteiger partial charge in [-0.05, 0) is 163 Å². The lowest BCUT2D eigenvalue weighted by Gasteiger charge is -2.48. The highest BCUT2D eigenvalue weighted by atomic mass is 19.1. The van der Waals surface area contributed by atoms with Crippen molar-refractivity contribution in [2.45, 2.75) is 153 Å². The fourth-order valence-electron chi connectivity index (χ4n) is 15.1. The minimum Gasteiger partial charge on any atom is -0.342 e. The summed E-state index contributed by atoms with van der Waals surface area (Å²) in [5.41, 5.74) is 7.66. The number of nitrogens with one attached hydrogen (secondary N) is 2. The predicted octanol–water partition coefficient (Wildman–Crippen LogP) is 8.94. The molecule has 1 spiro atoms. The van der Waals surface area contributed by atoms with Crippen molar-refractivity contribution >= 4 is 63.7 Å². The number of halogens is 1. The molecule has 6 aliphatic heterocycles. The summed E-state index contributed by atoms with van der Waals surface area (Å²) >= 11 is 0. The molecule has 1 atom stereocenters. The van der Waals surface area contributed by atoms with Gasteiger partial charge in [0.05, 0.1) is 34.6 Å². The van der Waals surface area contributed by atoms with Gasteiger partial charge >= 0.3 is 0 Å². The summed E-state index contributed by atoms with van der Waals surface area (Å²) < 4.78 is 17.2. The molecule has 8 aliphatic rings. The molecule has 13 rings (SSSR count).